The summed E-state index contributed by atoms with van der Waals surface area (Å²) in [6.45, 7) is 0. The van der Waals surface area contributed by atoms with E-state index in [-0.39, 0.29) is 17.8 Å². The average Bonchev–Trinajstić information content (AvgIpc) is 1.14. The molecule has 0 atom stereocenters. The average molecular weight is 270 g/mol. The quantitative estimate of drug-likeness (QED) is 0.527. The number of hydrogen-bond donors (Lipinski definition) is 2. The van der Waals surface area contributed by atoms with E-state index in [1.807, 2.05) is 0 Å². The second-order valence-electron chi connectivity index (χ2n) is 0.885. The molecule has 0 spiro atoms. The number of rotatable bonds is 2. The molecule has 0 aromatic heterocycles. The van der Waals surface area contributed by atoms with Crippen molar-refractivity contribution in [2.75, 3.05) is 0 Å². The van der Waals surface area contributed by atoms with Gasteiger partial charge in [0.05, 0.1) is 0 Å². The summed E-state index contributed by atoms with van der Waals surface area (Å²) in [6.07, 6.45) is 0. The van der Waals surface area contributed by atoms with Gasteiger partial charge in [-0.1, -0.05) is 0 Å². The first-order chi connectivity index (χ1) is 3.71. The third-order valence-corrected chi connectivity index (χ3v) is 2.83. The molecule has 0 aliphatic carbocycles. The van der Waals surface area contributed by atoms with E-state index in [0.717, 1.165) is 0 Å². The van der Waals surface area contributed by atoms with Gasteiger partial charge in [-0.05, 0) is 0 Å². The zero-order valence-corrected chi connectivity index (χ0v) is 8.72. The van der Waals surface area contributed by atoms with Gasteiger partial charge in [0.15, 0.2) is 0 Å². The van der Waals surface area contributed by atoms with Crippen LogP contribution in [0.1, 0.15) is 0 Å². The Hall–Kier alpha value is 0.0249. The third kappa shape index (κ3) is 22.5. The molecule has 0 saturated heterocycles. The summed E-state index contributed by atoms with van der Waals surface area (Å²) < 4.78 is 58.9. The van der Waals surface area contributed by atoms with Crippen LogP contribution in [-0.2, 0) is 45.3 Å². The maximum absolute atomic E-state index is 9.38. The van der Waals surface area contributed by atoms with Crippen LogP contribution in [0, 0.1) is 0 Å². The van der Waals surface area contributed by atoms with E-state index in [9.17, 15) is 23.5 Å². The Morgan fingerprint density at radius 3 is 1.00 bits per heavy atom. The second-order valence-corrected chi connectivity index (χ2v) is 4.52. The van der Waals surface area contributed by atoms with Gasteiger partial charge in [0, 0.05) is 0 Å². The van der Waals surface area contributed by atoms with Crippen LogP contribution in [-0.4, -0.2) is 5.48 Å². The molecule has 0 amide bonds. The predicted molar refractivity (Wildman–Crippen MR) is 19.4 cm³/mol. The molecule has 0 fully saturated rings. The monoisotopic (exact) mass is 270 g/mol. The van der Waals surface area contributed by atoms with Gasteiger partial charge in [-0.2, -0.15) is 0 Å². The van der Waals surface area contributed by atoms with Gasteiger partial charge in [0.1, 0.15) is 0 Å². The fourth-order valence-corrected chi connectivity index (χ4v) is 1.74. The number of hydrogen-bond acceptors (Lipinski definition) is 7. The van der Waals surface area contributed by atoms with E-state index in [0.29, 0.717) is 0 Å². The van der Waals surface area contributed by atoms with Gasteiger partial charge in [-0.15, -0.1) is 0 Å². The third-order valence-electron chi connectivity index (χ3n) is 0.167. The van der Waals surface area contributed by atoms with Crippen molar-refractivity contribution < 1.29 is 59.1 Å². The Kier molecular flexibility index (Phi) is 12.4. The zero-order chi connectivity index (χ0) is 7.71. The Balaban J connectivity index is -0.000000107. The molecule has 0 rings (SSSR count). The summed E-state index contributed by atoms with van der Waals surface area (Å²) in [5, 5.41) is 0. The summed E-state index contributed by atoms with van der Waals surface area (Å²) in [7, 11) is 0. The fraction of sp³-hybridized carbons (Fsp3) is 0. The summed E-state index contributed by atoms with van der Waals surface area (Å²) in [5.74, 6) is 0. The molecule has 0 aromatic rings. The van der Waals surface area contributed by atoms with Crippen molar-refractivity contribution in [3.63, 3.8) is 0 Å². The molecule has 12 heteroatoms. The molecule has 0 bridgehead atoms. The van der Waals surface area contributed by atoms with Gasteiger partial charge < -0.3 is 17.8 Å². The van der Waals surface area contributed by atoms with Crippen LogP contribution in [0.3, 0.4) is 0 Å². The van der Waals surface area contributed by atoms with Crippen molar-refractivity contribution in [3.8, 4) is 0 Å². The minimum absolute atomic E-state index is 0. The molecule has 0 radical (unpaired) electrons. The molecule has 0 aromatic carbocycles. The van der Waals surface area contributed by atoms with Crippen molar-refractivity contribution in [3.05, 3.63) is 0 Å². The summed E-state index contributed by atoms with van der Waals surface area (Å²) >= 11 is -12.1. The minimum atomic E-state index is -6.07. The zero-order valence-electron chi connectivity index (χ0n) is 6.17. The van der Waals surface area contributed by atoms with Crippen LogP contribution in [0.2, 0.25) is 0 Å². The molecule has 0 heterocycles. The van der Waals surface area contributed by atoms with Crippen LogP contribution in [0.15, 0.2) is 0 Å². The first-order valence-corrected chi connectivity index (χ1v) is 5.50. The molecule has 0 aliphatic heterocycles. The predicted octanol–water partition coefficient (Wildman–Crippen LogP) is -3.00. The molecule has 10 N–H and O–H groups in total. The maximum atomic E-state index is 9.38. The van der Waals surface area contributed by atoms with Crippen LogP contribution in [0.4, 0.5) is 0 Å². The molecule has 0 unspecified atom stereocenters. The Morgan fingerprint density at radius 2 is 1.00 bits per heavy atom. The molecule has 0 saturated carbocycles. The van der Waals surface area contributed by atoms with Crippen LogP contribution >= 0.6 is 0 Å². The van der Waals surface area contributed by atoms with Gasteiger partial charge >= 0.3 is 53.6 Å². The topological polar surface area (TPSA) is 228 Å². The van der Waals surface area contributed by atoms with Gasteiger partial charge in [0.25, 0.3) is 0 Å². The summed E-state index contributed by atoms with van der Waals surface area (Å²) in [6, 6.07) is 0. The van der Waals surface area contributed by atoms with Crippen LogP contribution in [0.5, 0.6) is 0 Å². The van der Waals surface area contributed by atoms with E-state index in [1.54, 1.807) is 0 Å². The molecular weight excluding hydrogens is 260 g/mol. The Labute approximate surface area is 71.8 Å². The van der Waals surface area contributed by atoms with Crippen LogP contribution < -0.4 is 20.6 Å². The number of quaternary nitrogens is 2. The van der Waals surface area contributed by atoms with Crippen molar-refractivity contribution in [2.45, 2.75) is 0 Å². The Morgan fingerprint density at radius 1 is 0.833 bits per heavy atom. The van der Waals surface area contributed by atoms with E-state index in [2.05, 4.69) is 2.84 Å². The van der Waals surface area contributed by atoms with Crippen molar-refractivity contribution in [1.82, 2.24) is 12.3 Å². The van der Waals surface area contributed by atoms with E-state index >= 15 is 0 Å². The SMILES string of the molecule is O.[NH4+].[NH4+].[O]=[Cr](=[O])([O-])[O][Cr](=[O])(=[O])[O-]. The second kappa shape index (κ2) is 6.53. The molecule has 12 heavy (non-hydrogen) atoms. The molecule has 0 aliphatic rings. The van der Waals surface area contributed by atoms with Gasteiger partial charge in [-0.25, -0.2) is 0 Å². The normalized spacial score (nSPS) is 10.2. The summed E-state index contributed by atoms with van der Waals surface area (Å²) in [5.41, 5.74) is 0. The van der Waals surface area contributed by atoms with Crippen LogP contribution in [0.25, 0.3) is 0 Å². The first kappa shape index (κ1) is 22.7. The van der Waals surface area contributed by atoms with Gasteiger partial charge in [0.2, 0.25) is 0 Å². The van der Waals surface area contributed by atoms with E-state index in [1.165, 1.54) is 0 Å². The van der Waals surface area contributed by atoms with Crippen molar-refractivity contribution >= 4 is 0 Å². The molecule has 80 valence electrons. The summed E-state index contributed by atoms with van der Waals surface area (Å²) in [4.78, 5) is 0. The molecule has 10 nitrogen and oxygen atoms in total. The van der Waals surface area contributed by atoms with E-state index < -0.39 is 27.2 Å². The first-order valence-electron chi connectivity index (χ1n) is 1.33. The van der Waals surface area contributed by atoms with E-state index in [4.69, 9.17) is 0 Å². The standard InChI is InChI=1S/2Cr.2H3N.H2O.7O/h;;2*1H3;1H2;;;;;;;/q;;;;;;;;;;2*-1/p+2. The Bertz CT molecular complexity index is 240. The van der Waals surface area contributed by atoms with Crippen molar-refractivity contribution in [2.24, 2.45) is 0 Å². The van der Waals surface area contributed by atoms with Gasteiger partial charge in [-0.3, -0.25) is 0 Å². The molecular formula is H10Cr2N2O8. The van der Waals surface area contributed by atoms with Crippen molar-refractivity contribution in [1.29, 1.82) is 0 Å². The fourth-order valence-electron chi connectivity index (χ4n) is 0.102.